The molecule has 4 saturated carbocycles. The van der Waals surface area contributed by atoms with E-state index in [1.807, 2.05) is 60.7 Å². The van der Waals surface area contributed by atoms with Crippen LogP contribution in [-0.4, -0.2) is 21.3 Å². The van der Waals surface area contributed by atoms with Gasteiger partial charge in [-0.1, -0.05) is 36.4 Å². The second-order valence-electron chi connectivity index (χ2n) is 10.6. The van der Waals surface area contributed by atoms with E-state index in [4.69, 9.17) is 4.18 Å². The molecule has 0 radical (unpaired) electrons. The number of rotatable bonds is 5. The molecule has 0 aromatic heterocycles. The van der Waals surface area contributed by atoms with Gasteiger partial charge < -0.3 is 19.5 Å². The van der Waals surface area contributed by atoms with Crippen molar-refractivity contribution in [2.24, 2.45) is 23.2 Å². The van der Waals surface area contributed by atoms with Crippen LogP contribution in [0.3, 0.4) is 0 Å². The van der Waals surface area contributed by atoms with E-state index >= 15 is 0 Å². The standard InChI is InChI=1S/C29H30O5S/c30-22-14-25(31)27(26(32)15-22)35(23-7-3-1-4-8-23,24-9-5-2-6-10-24)34-28(33)29-16-19-11-20(17-29)13-21(12-19)18-29/h1-10,14-15,19-21,30-32H,11-13,16-18H2. The molecule has 3 aromatic rings. The number of benzene rings is 3. The predicted octanol–water partition coefficient (Wildman–Crippen LogP) is 6.76. The number of carbonyl (C=O) groups is 1. The van der Waals surface area contributed by atoms with Gasteiger partial charge in [0.15, 0.2) is 0 Å². The molecular formula is C29H30O5S. The molecule has 5 nitrogen and oxygen atoms in total. The van der Waals surface area contributed by atoms with E-state index in [2.05, 4.69) is 0 Å². The molecule has 4 aliphatic rings. The summed E-state index contributed by atoms with van der Waals surface area (Å²) in [6.07, 6.45) is 6.18. The van der Waals surface area contributed by atoms with Crippen molar-refractivity contribution < 1.29 is 24.3 Å². The maximum Gasteiger partial charge on any atom is 0.323 e. The average molecular weight is 491 g/mol. The predicted molar refractivity (Wildman–Crippen MR) is 133 cm³/mol. The minimum atomic E-state index is -2.86. The first-order valence-electron chi connectivity index (χ1n) is 12.3. The lowest BCUT2D eigenvalue weighted by atomic mass is 9.49. The summed E-state index contributed by atoms with van der Waals surface area (Å²) in [6, 6.07) is 21.1. The van der Waals surface area contributed by atoms with Crippen LogP contribution >= 0.6 is 10.3 Å². The summed E-state index contributed by atoms with van der Waals surface area (Å²) in [4.78, 5) is 15.8. The molecule has 4 fully saturated rings. The third-order valence-corrected chi connectivity index (χ3v) is 11.4. The SMILES string of the molecule is O=C(OS(c1ccccc1)(c1ccccc1)c1c(O)cc(O)cc1O)C12CC3CC(CC(C3)C1)C2. The van der Waals surface area contributed by atoms with Crippen LogP contribution in [0.25, 0.3) is 0 Å². The second-order valence-corrected chi connectivity index (χ2v) is 13.2. The van der Waals surface area contributed by atoms with E-state index in [-0.39, 0.29) is 28.1 Å². The first-order valence-corrected chi connectivity index (χ1v) is 13.9. The maximum absolute atomic E-state index is 14.3. The number of phenolic OH excluding ortho intramolecular Hbond substituents is 3. The fraction of sp³-hybridized carbons (Fsp3) is 0.345. The Hall–Kier alpha value is -3.12. The number of aromatic hydroxyl groups is 3. The van der Waals surface area contributed by atoms with E-state index in [1.54, 1.807) is 0 Å². The van der Waals surface area contributed by atoms with Crippen LogP contribution < -0.4 is 0 Å². The van der Waals surface area contributed by atoms with Crippen molar-refractivity contribution in [1.82, 2.24) is 0 Å². The van der Waals surface area contributed by atoms with Gasteiger partial charge in [0.25, 0.3) is 0 Å². The quantitative estimate of drug-likeness (QED) is 0.368. The molecule has 182 valence electrons. The third kappa shape index (κ3) is 3.57. The van der Waals surface area contributed by atoms with Gasteiger partial charge in [0.2, 0.25) is 0 Å². The number of carbonyl (C=O) groups excluding carboxylic acids is 1. The van der Waals surface area contributed by atoms with Crippen molar-refractivity contribution in [3.8, 4) is 17.2 Å². The second kappa shape index (κ2) is 8.23. The van der Waals surface area contributed by atoms with Gasteiger partial charge in [0.1, 0.15) is 22.1 Å². The fourth-order valence-electron chi connectivity index (χ4n) is 7.18. The topological polar surface area (TPSA) is 87.0 Å². The summed E-state index contributed by atoms with van der Waals surface area (Å²) < 4.78 is 6.73. The first kappa shape index (κ1) is 22.4. The van der Waals surface area contributed by atoms with Crippen LogP contribution in [0.2, 0.25) is 0 Å². The highest BCUT2D eigenvalue weighted by Gasteiger charge is 2.57. The number of hydrogen-bond donors (Lipinski definition) is 3. The van der Waals surface area contributed by atoms with E-state index in [1.165, 1.54) is 31.4 Å². The lowest BCUT2D eigenvalue weighted by Gasteiger charge is -2.56. The Kier molecular flexibility index (Phi) is 5.26. The van der Waals surface area contributed by atoms with Crippen molar-refractivity contribution in [2.45, 2.75) is 53.2 Å². The van der Waals surface area contributed by atoms with Gasteiger partial charge in [-0.25, -0.2) is 0 Å². The normalized spacial score (nSPS) is 27.5. The lowest BCUT2D eigenvalue weighted by Crippen LogP contribution is -2.50. The average Bonchev–Trinajstić information content (AvgIpc) is 2.83. The van der Waals surface area contributed by atoms with Crippen molar-refractivity contribution >= 4 is 16.3 Å². The highest BCUT2D eigenvalue weighted by molar-refractivity contribution is 8.30. The molecule has 0 aliphatic heterocycles. The molecule has 0 unspecified atom stereocenters. The van der Waals surface area contributed by atoms with Gasteiger partial charge in [0.05, 0.1) is 5.41 Å². The van der Waals surface area contributed by atoms with Crippen molar-refractivity contribution in [1.29, 1.82) is 0 Å². The zero-order valence-electron chi connectivity index (χ0n) is 19.5. The highest BCUT2D eigenvalue weighted by Crippen LogP contribution is 2.74. The molecule has 4 aliphatic carbocycles. The molecule has 7 rings (SSSR count). The van der Waals surface area contributed by atoms with Gasteiger partial charge in [-0.2, -0.15) is 0 Å². The number of phenols is 3. The van der Waals surface area contributed by atoms with Gasteiger partial charge >= 0.3 is 5.97 Å². The summed E-state index contributed by atoms with van der Waals surface area (Å²) in [5, 5.41) is 32.2. The molecule has 0 heterocycles. The fourth-order valence-corrected chi connectivity index (χ4v) is 10.4. The Morgan fingerprint density at radius 1 is 0.743 bits per heavy atom. The molecule has 0 amide bonds. The maximum atomic E-state index is 14.3. The highest BCUT2D eigenvalue weighted by atomic mass is 32.3. The largest absolute Gasteiger partial charge is 0.508 e. The summed E-state index contributed by atoms with van der Waals surface area (Å²) in [5.74, 6) is 0.621. The molecular weight excluding hydrogens is 460 g/mol. The van der Waals surface area contributed by atoms with Crippen LogP contribution in [0.5, 0.6) is 17.2 Å². The summed E-state index contributed by atoms with van der Waals surface area (Å²) >= 11 is 0. The Morgan fingerprint density at radius 2 is 1.17 bits per heavy atom. The molecule has 3 N–H and O–H groups in total. The van der Waals surface area contributed by atoms with Crippen molar-refractivity contribution in [3.05, 3.63) is 72.8 Å². The molecule has 4 bridgehead atoms. The summed E-state index contributed by atoms with van der Waals surface area (Å²) in [5.41, 5.74) is -0.515. The van der Waals surface area contributed by atoms with E-state index in [0.717, 1.165) is 19.3 Å². The van der Waals surface area contributed by atoms with Crippen LogP contribution in [0.1, 0.15) is 38.5 Å². The molecule has 35 heavy (non-hydrogen) atoms. The zero-order valence-corrected chi connectivity index (χ0v) is 20.3. The van der Waals surface area contributed by atoms with Crippen molar-refractivity contribution in [2.75, 3.05) is 0 Å². The summed E-state index contributed by atoms with van der Waals surface area (Å²) in [6.45, 7) is 0. The Labute approximate surface area is 206 Å². The molecule has 0 atom stereocenters. The minimum Gasteiger partial charge on any atom is -0.508 e. The zero-order chi connectivity index (χ0) is 24.2. The van der Waals surface area contributed by atoms with Gasteiger partial charge in [-0.3, -0.25) is 4.79 Å². The monoisotopic (exact) mass is 490 g/mol. The van der Waals surface area contributed by atoms with E-state index in [0.29, 0.717) is 27.5 Å². The molecule has 6 heteroatoms. The first-order chi connectivity index (χ1) is 16.9. The summed E-state index contributed by atoms with van der Waals surface area (Å²) in [7, 11) is -2.86. The lowest BCUT2D eigenvalue weighted by molar-refractivity contribution is -0.160. The van der Waals surface area contributed by atoms with Crippen LogP contribution in [0, 0.1) is 23.2 Å². The Balaban J connectivity index is 1.56. The third-order valence-electron chi connectivity index (χ3n) is 8.14. The molecule has 0 spiro atoms. The van der Waals surface area contributed by atoms with E-state index in [9.17, 15) is 20.1 Å². The smallest absolute Gasteiger partial charge is 0.323 e. The van der Waals surface area contributed by atoms with Crippen LogP contribution in [0.15, 0.2) is 87.5 Å². The van der Waals surface area contributed by atoms with Gasteiger partial charge in [-0.15, -0.1) is 0 Å². The number of hydrogen-bond acceptors (Lipinski definition) is 5. The van der Waals surface area contributed by atoms with Crippen LogP contribution in [0.4, 0.5) is 0 Å². The Morgan fingerprint density at radius 3 is 1.60 bits per heavy atom. The Bertz CT molecular complexity index is 1160. The minimum absolute atomic E-state index is 0.130. The van der Waals surface area contributed by atoms with Gasteiger partial charge in [-0.05, 0) is 80.5 Å². The molecule has 0 saturated heterocycles. The van der Waals surface area contributed by atoms with Crippen molar-refractivity contribution in [3.63, 3.8) is 0 Å². The molecule has 3 aromatic carbocycles. The van der Waals surface area contributed by atoms with Gasteiger partial charge in [0, 0.05) is 32.2 Å². The van der Waals surface area contributed by atoms with Crippen LogP contribution in [-0.2, 0) is 8.98 Å². The van der Waals surface area contributed by atoms with E-state index < -0.39 is 15.7 Å².